The number of methoxy groups -OCH3 is 2. The largest absolute Gasteiger partial charge is 0.497 e. The smallest absolute Gasteiger partial charge is 0.122 e. The van der Waals surface area contributed by atoms with Gasteiger partial charge in [-0.1, -0.05) is 34.1 Å². The maximum atomic E-state index is 5.39. The van der Waals surface area contributed by atoms with E-state index in [2.05, 4.69) is 22.0 Å². The monoisotopic (exact) mass is 306 g/mol. The second-order valence-corrected chi connectivity index (χ2v) is 4.80. The highest BCUT2D eigenvalue weighted by Crippen LogP contribution is 2.28. The Morgan fingerprint density at radius 2 is 1.72 bits per heavy atom. The maximum Gasteiger partial charge on any atom is 0.122 e. The van der Waals surface area contributed by atoms with Crippen LogP contribution in [0.2, 0.25) is 0 Å². The van der Waals surface area contributed by atoms with Crippen molar-refractivity contribution < 1.29 is 9.47 Å². The molecule has 0 aromatic heterocycles. The van der Waals surface area contributed by atoms with E-state index in [-0.39, 0.29) is 0 Å². The first-order chi connectivity index (χ1) is 8.74. The van der Waals surface area contributed by atoms with Gasteiger partial charge in [-0.15, -0.1) is 0 Å². The Morgan fingerprint density at radius 1 is 0.944 bits per heavy atom. The third-order valence-electron chi connectivity index (χ3n) is 2.83. The van der Waals surface area contributed by atoms with Crippen LogP contribution in [-0.2, 0) is 6.42 Å². The Morgan fingerprint density at radius 3 is 2.39 bits per heavy atom. The lowest BCUT2D eigenvalue weighted by molar-refractivity contribution is 0.399. The highest BCUT2D eigenvalue weighted by Gasteiger charge is 2.07. The SMILES string of the molecule is COc1ccc(OC)c(Cc2ccccc2Br)c1. The van der Waals surface area contributed by atoms with E-state index in [1.165, 1.54) is 5.56 Å². The predicted molar refractivity (Wildman–Crippen MR) is 76.5 cm³/mol. The summed E-state index contributed by atoms with van der Waals surface area (Å²) >= 11 is 3.56. The third kappa shape index (κ3) is 2.85. The molecule has 0 radical (unpaired) electrons. The maximum absolute atomic E-state index is 5.39. The number of hydrogen-bond donors (Lipinski definition) is 0. The molecule has 0 aliphatic rings. The van der Waals surface area contributed by atoms with Crippen LogP contribution in [0.15, 0.2) is 46.9 Å². The van der Waals surface area contributed by atoms with Gasteiger partial charge in [0.1, 0.15) is 11.5 Å². The van der Waals surface area contributed by atoms with Crippen molar-refractivity contribution >= 4 is 15.9 Å². The zero-order valence-electron chi connectivity index (χ0n) is 10.4. The lowest BCUT2D eigenvalue weighted by Gasteiger charge is -2.11. The van der Waals surface area contributed by atoms with Crippen LogP contribution in [0.25, 0.3) is 0 Å². The molecule has 2 aromatic carbocycles. The molecule has 0 bridgehead atoms. The minimum Gasteiger partial charge on any atom is -0.497 e. The first kappa shape index (κ1) is 13.0. The van der Waals surface area contributed by atoms with E-state index < -0.39 is 0 Å². The topological polar surface area (TPSA) is 18.5 Å². The molecule has 0 aliphatic carbocycles. The van der Waals surface area contributed by atoms with E-state index >= 15 is 0 Å². The van der Waals surface area contributed by atoms with Crippen molar-refractivity contribution in [1.82, 2.24) is 0 Å². The van der Waals surface area contributed by atoms with Gasteiger partial charge in [0.05, 0.1) is 14.2 Å². The van der Waals surface area contributed by atoms with Gasteiger partial charge in [-0.05, 0) is 29.8 Å². The van der Waals surface area contributed by atoms with Gasteiger partial charge >= 0.3 is 0 Å². The van der Waals surface area contributed by atoms with Crippen LogP contribution in [0.4, 0.5) is 0 Å². The second-order valence-electron chi connectivity index (χ2n) is 3.95. The molecule has 18 heavy (non-hydrogen) atoms. The van der Waals surface area contributed by atoms with Crippen molar-refractivity contribution in [3.63, 3.8) is 0 Å². The summed E-state index contributed by atoms with van der Waals surface area (Å²) in [4.78, 5) is 0. The fourth-order valence-electron chi connectivity index (χ4n) is 1.87. The molecule has 0 unspecified atom stereocenters. The number of halogens is 1. The molecule has 0 N–H and O–H groups in total. The number of ether oxygens (including phenoxy) is 2. The van der Waals surface area contributed by atoms with Crippen molar-refractivity contribution in [3.8, 4) is 11.5 Å². The van der Waals surface area contributed by atoms with Crippen LogP contribution in [-0.4, -0.2) is 14.2 Å². The summed E-state index contributed by atoms with van der Waals surface area (Å²) < 4.78 is 11.7. The fraction of sp³-hybridized carbons (Fsp3) is 0.200. The average molecular weight is 307 g/mol. The normalized spacial score (nSPS) is 10.2. The highest BCUT2D eigenvalue weighted by atomic mass is 79.9. The summed E-state index contributed by atoms with van der Waals surface area (Å²) in [6.45, 7) is 0. The third-order valence-corrected chi connectivity index (χ3v) is 3.60. The molecule has 0 amide bonds. The van der Waals surface area contributed by atoms with Crippen molar-refractivity contribution in [2.24, 2.45) is 0 Å². The van der Waals surface area contributed by atoms with E-state index in [9.17, 15) is 0 Å². The molecule has 0 atom stereocenters. The van der Waals surface area contributed by atoms with Gasteiger partial charge in [0.2, 0.25) is 0 Å². The van der Waals surface area contributed by atoms with E-state index in [1.54, 1.807) is 14.2 Å². The molecule has 2 aromatic rings. The Labute approximate surface area is 116 Å². The van der Waals surface area contributed by atoms with Gasteiger partial charge in [-0.3, -0.25) is 0 Å². The van der Waals surface area contributed by atoms with Crippen LogP contribution in [0.5, 0.6) is 11.5 Å². The van der Waals surface area contributed by atoms with Gasteiger partial charge in [0.15, 0.2) is 0 Å². The molecule has 94 valence electrons. The van der Waals surface area contributed by atoms with E-state index in [4.69, 9.17) is 9.47 Å². The van der Waals surface area contributed by atoms with E-state index in [1.807, 2.05) is 36.4 Å². The minimum atomic E-state index is 0.807. The summed E-state index contributed by atoms with van der Waals surface area (Å²) in [5, 5.41) is 0. The van der Waals surface area contributed by atoms with Gasteiger partial charge in [-0.2, -0.15) is 0 Å². The van der Waals surface area contributed by atoms with Crippen molar-refractivity contribution in [3.05, 3.63) is 58.1 Å². The predicted octanol–water partition coefficient (Wildman–Crippen LogP) is 4.06. The van der Waals surface area contributed by atoms with Crippen LogP contribution in [0.3, 0.4) is 0 Å². The standard InChI is InChI=1S/C15H15BrO2/c1-17-13-7-8-15(18-2)12(10-13)9-11-5-3-4-6-14(11)16/h3-8,10H,9H2,1-2H3. The summed E-state index contributed by atoms with van der Waals surface area (Å²) in [6, 6.07) is 14.0. The van der Waals surface area contributed by atoms with Gasteiger partial charge in [0.25, 0.3) is 0 Å². The molecule has 0 spiro atoms. The second kappa shape index (κ2) is 5.91. The summed E-state index contributed by atoms with van der Waals surface area (Å²) in [6.07, 6.45) is 0.807. The molecule has 2 rings (SSSR count). The quantitative estimate of drug-likeness (QED) is 0.848. The lowest BCUT2D eigenvalue weighted by atomic mass is 10.0. The number of benzene rings is 2. The Hall–Kier alpha value is -1.48. The summed E-state index contributed by atoms with van der Waals surface area (Å²) in [7, 11) is 3.36. The van der Waals surface area contributed by atoms with Gasteiger partial charge in [0, 0.05) is 16.5 Å². The first-order valence-corrected chi connectivity index (χ1v) is 6.48. The van der Waals surface area contributed by atoms with Crippen molar-refractivity contribution in [2.75, 3.05) is 14.2 Å². The fourth-order valence-corrected chi connectivity index (χ4v) is 2.29. The van der Waals surface area contributed by atoms with Gasteiger partial charge in [-0.25, -0.2) is 0 Å². The molecule has 3 heteroatoms. The lowest BCUT2D eigenvalue weighted by Crippen LogP contribution is -1.96. The molecular weight excluding hydrogens is 292 g/mol. The van der Waals surface area contributed by atoms with E-state index in [0.717, 1.165) is 28.0 Å². The zero-order chi connectivity index (χ0) is 13.0. The van der Waals surface area contributed by atoms with Crippen LogP contribution in [0.1, 0.15) is 11.1 Å². The number of hydrogen-bond acceptors (Lipinski definition) is 2. The highest BCUT2D eigenvalue weighted by molar-refractivity contribution is 9.10. The summed E-state index contributed by atoms with van der Waals surface area (Å²) in [5.74, 6) is 1.73. The van der Waals surface area contributed by atoms with Gasteiger partial charge < -0.3 is 9.47 Å². The molecular formula is C15H15BrO2. The first-order valence-electron chi connectivity index (χ1n) is 5.69. The molecule has 0 saturated heterocycles. The molecule has 0 heterocycles. The average Bonchev–Trinajstić information content (AvgIpc) is 2.41. The zero-order valence-corrected chi connectivity index (χ0v) is 12.0. The molecule has 0 aliphatic heterocycles. The molecule has 2 nitrogen and oxygen atoms in total. The van der Waals surface area contributed by atoms with Crippen molar-refractivity contribution in [2.45, 2.75) is 6.42 Å². The van der Waals surface area contributed by atoms with Crippen molar-refractivity contribution in [1.29, 1.82) is 0 Å². The molecule has 0 fully saturated rings. The number of rotatable bonds is 4. The minimum absolute atomic E-state index is 0.807. The Kier molecular flexibility index (Phi) is 4.26. The van der Waals surface area contributed by atoms with Crippen LogP contribution >= 0.6 is 15.9 Å². The summed E-state index contributed by atoms with van der Waals surface area (Å²) in [5.41, 5.74) is 2.34. The van der Waals surface area contributed by atoms with Crippen LogP contribution in [0, 0.1) is 0 Å². The Balaban J connectivity index is 2.35. The molecule has 0 saturated carbocycles. The Bertz CT molecular complexity index is 538. The van der Waals surface area contributed by atoms with Crippen LogP contribution < -0.4 is 9.47 Å². The van der Waals surface area contributed by atoms with E-state index in [0.29, 0.717) is 0 Å².